The summed E-state index contributed by atoms with van der Waals surface area (Å²) in [6, 6.07) is 43.6. The number of hydrogen-bond acceptors (Lipinski definition) is 13. The maximum absolute atomic E-state index is 13.4. The number of nitrogens with zero attached hydrogens (tertiary/aromatic N) is 11. The molecule has 4 saturated heterocycles. The summed E-state index contributed by atoms with van der Waals surface area (Å²) >= 11 is 0. The first-order valence-corrected chi connectivity index (χ1v) is 43.3. The smallest absolute Gasteiger partial charge is 0.326 e. The maximum atomic E-state index is 13.4. The van der Waals surface area contributed by atoms with Gasteiger partial charge in [-0.15, -0.1) is 0 Å². The molecule has 21 nitrogen and oxygen atoms in total. The molecule has 4 spiro atoms. The van der Waals surface area contributed by atoms with Gasteiger partial charge >= 0.3 is 36.1 Å². The Kier molecular flexibility index (Phi) is 24.9. The second-order valence-electron chi connectivity index (χ2n) is 39.3. The summed E-state index contributed by atoms with van der Waals surface area (Å²) in [6.45, 7) is 16.0. The van der Waals surface area contributed by atoms with Gasteiger partial charge in [0.1, 0.15) is 18.7 Å². The van der Waals surface area contributed by atoms with Gasteiger partial charge in [-0.25, -0.2) is 19.2 Å². The molecule has 624 valence electrons. The molecule has 8 amide bonds. The molecule has 0 bridgehead atoms. The first-order valence-electron chi connectivity index (χ1n) is 43.3. The molecular weight excluding hydrogens is 1430 g/mol. The number of esters is 2. The minimum Gasteiger partial charge on any atom is -0.468 e. The molecule has 12 fully saturated rings. The minimum atomic E-state index is -0.863. The van der Waals surface area contributed by atoms with Crippen molar-refractivity contribution in [1.29, 1.82) is 0 Å². The summed E-state index contributed by atoms with van der Waals surface area (Å²) in [4.78, 5) is 100. The second kappa shape index (κ2) is 33.6. The molecule has 4 aromatic carbocycles. The van der Waals surface area contributed by atoms with Crippen molar-refractivity contribution in [3.8, 4) is 0 Å². The number of rotatable bonds is 22. The van der Waals surface area contributed by atoms with E-state index in [1.54, 1.807) is 23.6 Å². The number of urea groups is 4. The van der Waals surface area contributed by atoms with Gasteiger partial charge in [0, 0.05) is 74.5 Å². The molecule has 4 aliphatic heterocycles. The van der Waals surface area contributed by atoms with Crippen molar-refractivity contribution < 1.29 is 43.3 Å². The highest BCUT2D eigenvalue weighted by molar-refractivity contribution is 5.85. The third-order valence-electron chi connectivity index (χ3n) is 29.2. The summed E-state index contributed by atoms with van der Waals surface area (Å²) in [6.07, 6.45) is 26.3. The zero-order chi connectivity index (χ0) is 81.4. The monoisotopic (exact) mass is 1570 g/mol. The predicted molar refractivity (Wildman–Crippen MR) is 448 cm³/mol. The van der Waals surface area contributed by atoms with Crippen LogP contribution in [-0.2, 0) is 41.2 Å². The van der Waals surface area contributed by atoms with Crippen LogP contribution in [0.15, 0.2) is 121 Å². The average Bonchev–Trinajstić information content (AvgIpc) is 1.34. The van der Waals surface area contributed by atoms with E-state index in [9.17, 15) is 33.9 Å². The van der Waals surface area contributed by atoms with Crippen LogP contribution in [0.3, 0.4) is 0 Å². The summed E-state index contributed by atoms with van der Waals surface area (Å²) in [5.41, 5.74) is 3.82. The van der Waals surface area contributed by atoms with E-state index < -0.39 is 11.2 Å². The highest BCUT2D eigenvalue weighted by atomic mass is 16.6. The molecule has 12 aliphatic rings. The van der Waals surface area contributed by atoms with Gasteiger partial charge in [0.05, 0.1) is 41.4 Å². The number of nitrogens with one attached hydrogen (secondary N) is 1. The van der Waals surface area contributed by atoms with Crippen LogP contribution >= 0.6 is 0 Å². The highest BCUT2D eigenvalue weighted by Crippen LogP contribution is 2.55. The van der Waals surface area contributed by atoms with Crippen molar-refractivity contribution >= 4 is 36.1 Å². The fraction of sp³-hybridized carbons (Fsp3) is 0.677. The number of hydrogen-bond donors (Lipinski definition) is 2. The van der Waals surface area contributed by atoms with Crippen LogP contribution in [0.4, 0.5) is 19.2 Å². The van der Waals surface area contributed by atoms with Crippen molar-refractivity contribution in [2.24, 2.45) is 23.7 Å². The van der Waals surface area contributed by atoms with E-state index >= 15 is 0 Å². The molecule has 114 heavy (non-hydrogen) atoms. The van der Waals surface area contributed by atoms with Crippen LogP contribution in [0.5, 0.6) is 0 Å². The Labute approximate surface area is 682 Å². The van der Waals surface area contributed by atoms with E-state index in [4.69, 9.17) is 9.47 Å². The lowest BCUT2D eigenvalue weighted by molar-refractivity contribution is -0.155. The second-order valence-corrected chi connectivity index (χ2v) is 39.3. The van der Waals surface area contributed by atoms with Gasteiger partial charge in [-0.05, 0) is 291 Å². The van der Waals surface area contributed by atoms with E-state index in [1.807, 2.05) is 25.7 Å². The predicted octanol–water partition coefficient (Wildman–Crippen LogP) is 14.2. The Morgan fingerprint density at radius 2 is 0.658 bits per heavy atom. The first-order chi connectivity index (χ1) is 54.2. The third-order valence-corrected chi connectivity index (χ3v) is 29.2. The van der Waals surface area contributed by atoms with Gasteiger partial charge in [0.2, 0.25) is 0 Å². The zero-order valence-electron chi connectivity index (χ0n) is 71.7. The number of methoxy groups -OCH3 is 1. The van der Waals surface area contributed by atoms with Crippen LogP contribution < -0.4 is 5.32 Å². The molecule has 0 atom stereocenters. The molecule has 2 N–H and O–H groups in total. The minimum absolute atomic E-state index is 0.00340. The van der Waals surface area contributed by atoms with Crippen molar-refractivity contribution in [2.45, 2.75) is 244 Å². The summed E-state index contributed by atoms with van der Waals surface area (Å²) in [5.74, 6) is 2.00. The number of ether oxygens (including phenoxy) is 2. The molecular formula is C93H138N12O9. The average molecular weight is 1570 g/mol. The lowest BCUT2D eigenvalue weighted by Gasteiger charge is -2.51. The zero-order valence-corrected chi connectivity index (χ0v) is 71.7. The maximum Gasteiger partial charge on any atom is 0.326 e. The molecule has 4 aromatic rings. The van der Waals surface area contributed by atoms with Gasteiger partial charge in [-0.2, -0.15) is 0 Å². The van der Waals surface area contributed by atoms with Crippen LogP contribution in [0.1, 0.15) is 211 Å². The Balaban J connectivity index is 0.000000133. The normalized spacial score (nSPS) is 30.4. The van der Waals surface area contributed by atoms with Gasteiger partial charge in [-0.1, -0.05) is 121 Å². The molecule has 4 heterocycles. The largest absolute Gasteiger partial charge is 0.468 e. The third kappa shape index (κ3) is 18.1. The standard InChI is InChI=1S/C26H39N3O3.C24H37N3O2.C23H33N3O3.C20H29N3O/c1-24(2,3)32-22(30)18-28-19-25(29(23(28)31)17-20-11-12-20)13-15-26(16-14-25,27(4)5)21-9-7-6-8-10-21;1-22(2,29)17-26-18-23(27(21(26)28)16-19-10-11-19)12-14-24(15-13-23,25(3)4)20-8-6-5-7-9-20;1-24(2)23(19-7-5-4-6-8-19)13-11-22(12-14-23)17-25(16-20(27)29-3)21(28)26(22)15-18-9-10-18;1-22(2)20(17-6-4-3-5-7-17)12-10-19(11-13-20)15-21-18(24)23(19)14-16-8-9-16/h6-10,20H,11-19H2,1-5H3;5-9,19,29H,10-18H2,1-4H3;4-8,18H,9-17H2,1-3H3;3-7,16H,8-15H2,1-2H3,(H,21,24). The fourth-order valence-electron chi connectivity index (χ4n) is 21.4. The van der Waals surface area contributed by atoms with Crippen LogP contribution in [0, 0.1) is 23.7 Å². The topological polar surface area (TPSA) is 189 Å². The molecule has 0 radical (unpaired) electrons. The molecule has 21 heteroatoms. The first kappa shape index (κ1) is 84.6. The SMILES string of the molecule is CN(C)C1(c2ccccc2)CCC2(CC1)CN(CC(=O)OC(C)(C)C)C(=O)N2CC1CC1.CN(C)C1(c2ccccc2)CCC2(CC1)CN(CC(C)(C)O)C(=O)N2CC1CC1.CN(C)C1(c2ccccc2)CCC2(CC1)CNC(=O)N2CC1CC1.COC(=O)CN1CC2(CCC(c3ccccc3)(N(C)C)CC2)N(CC2CC2)C1=O. The van der Waals surface area contributed by atoms with Crippen molar-refractivity contribution in [2.75, 3.05) is 135 Å². The quantitative estimate of drug-likeness (QED) is 0.0708. The van der Waals surface area contributed by atoms with E-state index in [-0.39, 0.29) is 93.5 Å². The molecule has 8 saturated carbocycles. The lowest BCUT2D eigenvalue weighted by Crippen LogP contribution is -2.55. The Bertz CT molecular complexity index is 3930. The number of aliphatic hydroxyl groups is 1. The van der Waals surface area contributed by atoms with Gasteiger partial charge < -0.3 is 54.2 Å². The summed E-state index contributed by atoms with van der Waals surface area (Å²) in [5, 5.41) is 13.5. The summed E-state index contributed by atoms with van der Waals surface area (Å²) in [7, 11) is 18.8. The summed E-state index contributed by atoms with van der Waals surface area (Å²) < 4.78 is 10.3. The number of benzene rings is 4. The van der Waals surface area contributed by atoms with Gasteiger partial charge in [-0.3, -0.25) is 29.2 Å². The van der Waals surface area contributed by atoms with Crippen molar-refractivity contribution in [3.05, 3.63) is 144 Å². The van der Waals surface area contributed by atoms with Crippen molar-refractivity contribution in [1.82, 2.24) is 59.2 Å². The number of β-amino-alcohol motifs (C(OH)–C–C–N with tert-alkyl or cyclic N) is 1. The van der Waals surface area contributed by atoms with Gasteiger partial charge in [0.15, 0.2) is 0 Å². The number of carbonyl (C=O) groups excluding carboxylic acids is 6. The van der Waals surface area contributed by atoms with Crippen LogP contribution in [-0.4, -0.2) is 264 Å². The Hall–Kier alpha value is -7.30. The number of amides is 8. The van der Waals surface area contributed by atoms with Crippen molar-refractivity contribution in [3.63, 3.8) is 0 Å². The molecule has 0 aromatic heterocycles. The van der Waals surface area contributed by atoms with Crippen LogP contribution in [0.2, 0.25) is 0 Å². The number of carbonyl (C=O) groups is 6. The van der Waals surface area contributed by atoms with E-state index in [0.717, 1.165) is 148 Å². The molecule has 0 unspecified atom stereocenters. The highest BCUT2D eigenvalue weighted by Gasteiger charge is 2.60. The molecule has 8 aliphatic carbocycles. The van der Waals surface area contributed by atoms with Crippen LogP contribution in [0.25, 0.3) is 0 Å². The Morgan fingerprint density at radius 1 is 0.395 bits per heavy atom. The molecule has 16 rings (SSSR count). The van der Waals surface area contributed by atoms with E-state index in [0.29, 0.717) is 37.4 Å². The fourth-order valence-corrected chi connectivity index (χ4v) is 21.4. The van der Waals surface area contributed by atoms with Gasteiger partial charge in [0.25, 0.3) is 0 Å². The lowest BCUT2D eigenvalue weighted by atomic mass is 9.68. The van der Waals surface area contributed by atoms with E-state index in [1.165, 1.54) is 80.7 Å². The Morgan fingerprint density at radius 3 is 0.921 bits per heavy atom. The van der Waals surface area contributed by atoms with E-state index in [2.05, 4.69) is 222 Å².